The van der Waals surface area contributed by atoms with Crippen LogP contribution in [-0.2, 0) is 12.8 Å². The first-order valence-corrected chi connectivity index (χ1v) is 7.69. The molecule has 21 heavy (non-hydrogen) atoms. The second-order valence-electron chi connectivity index (χ2n) is 5.88. The highest BCUT2D eigenvalue weighted by Crippen LogP contribution is 2.38. The predicted octanol–water partition coefficient (Wildman–Crippen LogP) is 2.58. The maximum absolute atomic E-state index is 11.0. The first-order chi connectivity index (χ1) is 10.3. The summed E-state index contributed by atoms with van der Waals surface area (Å²) < 4.78 is 0. The van der Waals surface area contributed by atoms with Crippen LogP contribution in [0.4, 0.5) is 5.69 Å². The summed E-state index contributed by atoms with van der Waals surface area (Å²) in [6, 6.07) is 14.7. The Bertz CT molecular complexity index is 668. The highest BCUT2D eigenvalue weighted by Gasteiger charge is 2.29. The lowest BCUT2D eigenvalue weighted by molar-refractivity contribution is 0.126. The largest absolute Gasteiger partial charge is 0.386 e. The number of nitrogens with one attached hydrogen (secondary N) is 2. The van der Waals surface area contributed by atoms with Crippen LogP contribution in [-0.4, -0.2) is 18.2 Å². The van der Waals surface area contributed by atoms with Crippen molar-refractivity contribution < 1.29 is 5.11 Å². The zero-order valence-corrected chi connectivity index (χ0v) is 12.0. The molecule has 0 fully saturated rings. The van der Waals surface area contributed by atoms with E-state index >= 15 is 0 Å². The fraction of sp³-hybridized carbons (Fsp3) is 0.333. The van der Waals surface area contributed by atoms with E-state index in [2.05, 4.69) is 47.0 Å². The Morgan fingerprint density at radius 1 is 0.952 bits per heavy atom. The van der Waals surface area contributed by atoms with Crippen molar-refractivity contribution in [3.05, 3.63) is 64.7 Å². The Hall–Kier alpha value is -1.84. The van der Waals surface area contributed by atoms with E-state index in [1.165, 1.54) is 16.7 Å². The summed E-state index contributed by atoms with van der Waals surface area (Å²) in [7, 11) is 0. The number of benzene rings is 2. The maximum atomic E-state index is 11.0. The van der Waals surface area contributed by atoms with Gasteiger partial charge in [-0.3, -0.25) is 0 Å². The molecule has 2 aliphatic rings. The van der Waals surface area contributed by atoms with Gasteiger partial charge in [0.15, 0.2) is 0 Å². The average Bonchev–Trinajstić information content (AvgIpc) is 3.02. The molecule has 2 atom stereocenters. The number of aliphatic hydroxyl groups is 1. The Balaban J connectivity index is 1.73. The van der Waals surface area contributed by atoms with Crippen LogP contribution in [0.1, 0.15) is 34.4 Å². The molecule has 2 aromatic carbocycles. The van der Waals surface area contributed by atoms with Crippen molar-refractivity contribution in [2.75, 3.05) is 18.4 Å². The molecule has 0 aromatic heterocycles. The van der Waals surface area contributed by atoms with E-state index in [4.69, 9.17) is 0 Å². The van der Waals surface area contributed by atoms with E-state index < -0.39 is 6.10 Å². The van der Waals surface area contributed by atoms with Crippen LogP contribution in [0.2, 0.25) is 0 Å². The number of fused-ring (bicyclic) bond motifs is 2. The van der Waals surface area contributed by atoms with E-state index in [9.17, 15) is 5.11 Å². The molecule has 0 amide bonds. The fourth-order valence-corrected chi connectivity index (χ4v) is 3.61. The highest BCUT2D eigenvalue weighted by atomic mass is 16.3. The fourth-order valence-electron chi connectivity index (χ4n) is 3.61. The summed E-state index contributed by atoms with van der Waals surface area (Å²) in [6.07, 6.45) is 1.56. The third-order valence-electron chi connectivity index (χ3n) is 4.66. The van der Waals surface area contributed by atoms with Gasteiger partial charge in [0.25, 0.3) is 0 Å². The van der Waals surface area contributed by atoms with Crippen LogP contribution in [0.5, 0.6) is 0 Å². The molecule has 2 heterocycles. The molecule has 0 saturated carbocycles. The number of rotatable bonds is 2. The second kappa shape index (κ2) is 5.17. The van der Waals surface area contributed by atoms with Gasteiger partial charge < -0.3 is 15.7 Å². The lowest BCUT2D eigenvalue weighted by Crippen LogP contribution is -2.34. The molecule has 2 aliphatic heterocycles. The van der Waals surface area contributed by atoms with Gasteiger partial charge in [0, 0.05) is 17.8 Å². The van der Waals surface area contributed by atoms with Crippen molar-refractivity contribution >= 4 is 5.69 Å². The molecular formula is C18H20N2O. The Morgan fingerprint density at radius 3 is 2.71 bits per heavy atom. The van der Waals surface area contributed by atoms with Crippen molar-refractivity contribution in [2.45, 2.75) is 25.0 Å². The van der Waals surface area contributed by atoms with Crippen LogP contribution in [0, 0.1) is 0 Å². The molecule has 4 rings (SSSR count). The van der Waals surface area contributed by atoms with Crippen LogP contribution >= 0.6 is 0 Å². The topological polar surface area (TPSA) is 44.3 Å². The molecule has 2 unspecified atom stereocenters. The monoisotopic (exact) mass is 280 g/mol. The van der Waals surface area contributed by atoms with Crippen molar-refractivity contribution in [1.29, 1.82) is 0 Å². The van der Waals surface area contributed by atoms with Gasteiger partial charge in [-0.05, 0) is 36.1 Å². The normalized spacial score (nSPS) is 21.3. The number of hydrogen-bond acceptors (Lipinski definition) is 3. The van der Waals surface area contributed by atoms with Crippen molar-refractivity contribution in [2.24, 2.45) is 0 Å². The van der Waals surface area contributed by atoms with Crippen molar-refractivity contribution in [1.82, 2.24) is 5.32 Å². The maximum Gasteiger partial charge on any atom is 0.100 e. The third-order valence-corrected chi connectivity index (χ3v) is 4.66. The van der Waals surface area contributed by atoms with Gasteiger partial charge in [-0.15, -0.1) is 0 Å². The molecule has 3 nitrogen and oxygen atoms in total. The van der Waals surface area contributed by atoms with Crippen LogP contribution in [0.25, 0.3) is 0 Å². The third kappa shape index (κ3) is 2.13. The lowest BCUT2D eigenvalue weighted by Gasteiger charge is -2.31. The predicted molar refractivity (Wildman–Crippen MR) is 84.5 cm³/mol. The van der Waals surface area contributed by atoms with E-state index in [0.29, 0.717) is 0 Å². The van der Waals surface area contributed by atoms with Gasteiger partial charge in [-0.2, -0.15) is 0 Å². The summed E-state index contributed by atoms with van der Waals surface area (Å²) in [6.45, 7) is 1.88. The van der Waals surface area contributed by atoms with Gasteiger partial charge >= 0.3 is 0 Å². The summed E-state index contributed by atoms with van der Waals surface area (Å²) in [5.41, 5.74) is 6.04. The first-order valence-electron chi connectivity index (χ1n) is 7.69. The minimum Gasteiger partial charge on any atom is -0.386 e. The average molecular weight is 280 g/mol. The second-order valence-corrected chi connectivity index (χ2v) is 5.88. The molecule has 0 spiro atoms. The Kier molecular flexibility index (Phi) is 3.17. The molecule has 2 aromatic rings. The lowest BCUT2D eigenvalue weighted by atomic mass is 9.87. The SMILES string of the molecule is OC(c1cccc2c1NCC2)C1NCCc2ccccc21. The standard InChI is InChI=1S/C18H20N2O/c21-18(15-7-3-5-13-9-11-19-16(13)15)17-14-6-2-1-4-12(14)8-10-20-17/h1-7,17-21H,8-11H2. The van der Waals surface area contributed by atoms with E-state index in [0.717, 1.165) is 37.2 Å². The number of para-hydroxylation sites is 1. The van der Waals surface area contributed by atoms with Crippen LogP contribution in [0.15, 0.2) is 42.5 Å². The zero-order chi connectivity index (χ0) is 14.2. The molecule has 3 N–H and O–H groups in total. The quantitative estimate of drug-likeness (QED) is 0.792. The van der Waals surface area contributed by atoms with Crippen LogP contribution < -0.4 is 10.6 Å². The van der Waals surface area contributed by atoms with Crippen LogP contribution in [0.3, 0.4) is 0 Å². The number of anilines is 1. The summed E-state index contributed by atoms with van der Waals surface area (Å²) in [5, 5.41) is 17.9. The highest BCUT2D eigenvalue weighted by molar-refractivity contribution is 5.62. The molecule has 0 aliphatic carbocycles. The van der Waals surface area contributed by atoms with Gasteiger partial charge in [0.2, 0.25) is 0 Å². The summed E-state index contributed by atoms with van der Waals surface area (Å²) >= 11 is 0. The molecule has 108 valence electrons. The van der Waals surface area contributed by atoms with E-state index in [-0.39, 0.29) is 6.04 Å². The Morgan fingerprint density at radius 2 is 1.76 bits per heavy atom. The Labute approximate surface area is 125 Å². The molecular weight excluding hydrogens is 260 g/mol. The minimum atomic E-state index is -0.521. The first kappa shape index (κ1) is 12.9. The molecule has 0 radical (unpaired) electrons. The van der Waals surface area contributed by atoms with Gasteiger partial charge in [-0.25, -0.2) is 0 Å². The van der Waals surface area contributed by atoms with Crippen molar-refractivity contribution in [3.63, 3.8) is 0 Å². The van der Waals surface area contributed by atoms with Crippen molar-refractivity contribution in [3.8, 4) is 0 Å². The zero-order valence-electron chi connectivity index (χ0n) is 12.0. The molecule has 3 heteroatoms. The minimum absolute atomic E-state index is 0.0242. The van der Waals surface area contributed by atoms with Gasteiger partial charge in [0.05, 0.1) is 6.04 Å². The van der Waals surface area contributed by atoms with Gasteiger partial charge in [-0.1, -0.05) is 42.5 Å². The van der Waals surface area contributed by atoms with E-state index in [1.807, 2.05) is 6.07 Å². The summed E-state index contributed by atoms with van der Waals surface area (Å²) in [5.74, 6) is 0. The molecule has 0 saturated heterocycles. The number of aliphatic hydroxyl groups excluding tert-OH is 1. The summed E-state index contributed by atoms with van der Waals surface area (Å²) in [4.78, 5) is 0. The number of hydrogen-bond donors (Lipinski definition) is 3. The molecule has 0 bridgehead atoms. The smallest absolute Gasteiger partial charge is 0.100 e. The van der Waals surface area contributed by atoms with Gasteiger partial charge in [0.1, 0.15) is 6.10 Å². The van der Waals surface area contributed by atoms with E-state index in [1.54, 1.807) is 0 Å².